The van der Waals surface area contributed by atoms with E-state index in [0.717, 1.165) is 12.8 Å². The van der Waals surface area contributed by atoms with Crippen LogP contribution in [0, 0.1) is 0 Å². The predicted molar refractivity (Wildman–Crippen MR) is 109 cm³/mol. The molecule has 2 aromatic carbocycles. The van der Waals surface area contributed by atoms with Crippen LogP contribution in [0.5, 0.6) is 0 Å². The molecule has 0 unspecified atom stereocenters. The molecule has 2 fully saturated rings. The molecule has 7 heteroatoms. The minimum atomic E-state index is -3.53. The maximum Gasteiger partial charge on any atom is 0.255 e. The highest BCUT2D eigenvalue weighted by molar-refractivity contribution is 7.89. The first-order chi connectivity index (χ1) is 13.5. The Hall–Kier alpha value is -1.89. The minimum absolute atomic E-state index is 0.0759. The van der Waals surface area contributed by atoms with Crippen LogP contribution in [0.2, 0.25) is 5.02 Å². The lowest BCUT2D eigenvalue weighted by atomic mass is 10.0. The van der Waals surface area contributed by atoms with Gasteiger partial charge in [-0.15, -0.1) is 0 Å². The summed E-state index contributed by atoms with van der Waals surface area (Å²) in [4.78, 5) is 14.9. The van der Waals surface area contributed by atoms with Crippen LogP contribution < -0.4 is 0 Å². The van der Waals surface area contributed by atoms with Gasteiger partial charge in [0.25, 0.3) is 5.91 Å². The molecule has 0 bridgehead atoms. The summed E-state index contributed by atoms with van der Waals surface area (Å²) in [5.41, 5.74) is 0.499. The highest BCUT2D eigenvalue weighted by Gasteiger charge is 2.43. The molecular formula is C21H23ClN2O3S. The third-order valence-corrected chi connectivity index (χ3v) is 7.79. The van der Waals surface area contributed by atoms with Gasteiger partial charge in [-0.25, -0.2) is 8.42 Å². The van der Waals surface area contributed by atoms with Gasteiger partial charge in [-0.05, 0) is 49.9 Å². The van der Waals surface area contributed by atoms with E-state index in [1.165, 1.54) is 0 Å². The number of amides is 1. The fourth-order valence-corrected chi connectivity index (χ4v) is 6.03. The van der Waals surface area contributed by atoms with Crippen molar-refractivity contribution in [3.63, 3.8) is 0 Å². The van der Waals surface area contributed by atoms with E-state index in [4.69, 9.17) is 11.6 Å². The molecule has 2 aromatic rings. The van der Waals surface area contributed by atoms with Crippen LogP contribution in [-0.4, -0.2) is 48.7 Å². The van der Waals surface area contributed by atoms with Crippen molar-refractivity contribution in [3.05, 3.63) is 65.2 Å². The maximum atomic E-state index is 13.2. The Morgan fingerprint density at radius 1 is 0.893 bits per heavy atom. The number of hydrogen-bond acceptors (Lipinski definition) is 3. The summed E-state index contributed by atoms with van der Waals surface area (Å²) in [6, 6.07) is 15.7. The molecule has 5 nitrogen and oxygen atoms in total. The van der Waals surface area contributed by atoms with Crippen molar-refractivity contribution in [2.24, 2.45) is 0 Å². The lowest BCUT2D eigenvalue weighted by molar-refractivity contribution is 0.0676. The highest BCUT2D eigenvalue weighted by atomic mass is 35.5. The van der Waals surface area contributed by atoms with Gasteiger partial charge in [-0.1, -0.05) is 41.9 Å². The van der Waals surface area contributed by atoms with Gasteiger partial charge >= 0.3 is 0 Å². The molecule has 1 saturated carbocycles. The summed E-state index contributed by atoms with van der Waals surface area (Å²) in [7, 11) is -3.53. The first-order valence-electron chi connectivity index (χ1n) is 9.61. The van der Waals surface area contributed by atoms with E-state index >= 15 is 0 Å². The molecule has 0 atom stereocenters. The van der Waals surface area contributed by atoms with E-state index < -0.39 is 10.0 Å². The summed E-state index contributed by atoms with van der Waals surface area (Å²) >= 11 is 6.16. The zero-order valence-electron chi connectivity index (χ0n) is 15.5. The molecule has 0 N–H and O–H groups in total. The monoisotopic (exact) mass is 418 g/mol. The standard InChI is InChI=1S/C21H23ClN2O3S/c22-20-9-5-4-8-19(20)21(25)23-14-12-17(13-15-23)24(16-10-11-16)28(26,27)18-6-2-1-3-7-18/h1-9,16-17H,10-15H2. The first kappa shape index (κ1) is 19.4. The molecular weight excluding hydrogens is 396 g/mol. The molecule has 1 heterocycles. The lowest BCUT2D eigenvalue weighted by Crippen LogP contribution is -2.49. The summed E-state index contributed by atoms with van der Waals surface area (Å²) in [6.45, 7) is 1.06. The second-order valence-corrected chi connectivity index (χ2v) is 9.63. The molecule has 1 aliphatic carbocycles. The SMILES string of the molecule is O=C(c1ccccc1Cl)N1CCC(N(C2CC2)S(=O)(=O)c2ccccc2)CC1. The van der Waals surface area contributed by atoms with Crippen LogP contribution >= 0.6 is 11.6 Å². The first-order valence-corrected chi connectivity index (χ1v) is 11.4. The number of likely N-dealkylation sites (tertiary alicyclic amines) is 1. The van der Waals surface area contributed by atoms with Gasteiger partial charge in [0.15, 0.2) is 0 Å². The number of piperidine rings is 1. The predicted octanol–water partition coefficient (Wildman–Crippen LogP) is 3.80. The quantitative estimate of drug-likeness (QED) is 0.742. The maximum absolute atomic E-state index is 13.2. The van der Waals surface area contributed by atoms with Gasteiger partial charge < -0.3 is 4.90 Å². The Morgan fingerprint density at radius 3 is 2.07 bits per heavy atom. The largest absolute Gasteiger partial charge is 0.338 e. The van der Waals surface area contributed by atoms with Crippen LogP contribution in [0.3, 0.4) is 0 Å². The Bertz CT molecular complexity index is 953. The molecule has 28 heavy (non-hydrogen) atoms. The number of sulfonamides is 1. The smallest absolute Gasteiger partial charge is 0.255 e. The number of halogens is 1. The fourth-order valence-electron chi connectivity index (χ4n) is 3.86. The second kappa shape index (κ2) is 7.85. The Morgan fingerprint density at radius 2 is 1.46 bits per heavy atom. The van der Waals surface area contributed by atoms with Gasteiger partial charge in [0.05, 0.1) is 15.5 Å². The van der Waals surface area contributed by atoms with Crippen molar-refractivity contribution < 1.29 is 13.2 Å². The Labute approximate surface area is 171 Å². The van der Waals surface area contributed by atoms with Crippen molar-refractivity contribution in [1.82, 2.24) is 9.21 Å². The Balaban J connectivity index is 1.49. The van der Waals surface area contributed by atoms with Gasteiger partial charge in [0, 0.05) is 25.2 Å². The molecule has 4 rings (SSSR count). The van der Waals surface area contributed by atoms with Gasteiger partial charge in [0.2, 0.25) is 10.0 Å². The zero-order valence-corrected chi connectivity index (χ0v) is 17.1. The van der Waals surface area contributed by atoms with Crippen LogP contribution in [0.1, 0.15) is 36.0 Å². The van der Waals surface area contributed by atoms with Crippen LogP contribution in [0.25, 0.3) is 0 Å². The number of nitrogens with zero attached hydrogens (tertiary/aromatic N) is 2. The van der Waals surface area contributed by atoms with Crippen molar-refractivity contribution in [1.29, 1.82) is 0 Å². The van der Waals surface area contributed by atoms with Gasteiger partial charge in [-0.2, -0.15) is 4.31 Å². The van der Waals surface area contributed by atoms with E-state index in [1.54, 1.807) is 57.7 Å². The summed E-state index contributed by atoms with van der Waals surface area (Å²) in [5, 5.41) is 0.445. The molecule has 0 aromatic heterocycles. The zero-order chi connectivity index (χ0) is 19.7. The van der Waals surface area contributed by atoms with E-state index in [2.05, 4.69) is 0 Å². The highest BCUT2D eigenvalue weighted by Crippen LogP contribution is 2.36. The third-order valence-electron chi connectivity index (χ3n) is 5.44. The number of carbonyl (C=O) groups excluding carboxylic acids is 1. The molecule has 1 amide bonds. The molecule has 148 valence electrons. The lowest BCUT2D eigenvalue weighted by Gasteiger charge is -2.38. The fraction of sp³-hybridized carbons (Fsp3) is 0.381. The van der Waals surface area contributed by atoms with Crippen molar-refractivity contribution in [2.75, 3.05) is 13.1 Å². The molecule has 2 aliphatic rings. The summed E-state index contributed by atoms with van der Waals surface area (Å²) < 4.78 is 28.2. The average Bonchev–Trinajstić information content (AvgIpc) is 3.54. The van der Waals surface area contributed by atoms with E-state index in [-0.39, 0.29) is 18.0 Å². The normalized spacial score (nSPS) is 18.4. The number of rotatable bonds is 5. The molecule has 1 saturated heterocycles. The summed E-state index contributed by atoms with van der Waals surface area (Å²) in [5.74, 6) is -0.0899. The average molecular weight is 419 g/mol. The molecule has 0 spiro atoms. The summed E-state index contributed by atoms with van der Waals surface area (Å²) in [6.07, 6.45) is 3.09. The number of hydrogen-bond donors (Lipinski definition) is 0. The minimum Gasteiger partial charge on any atom is -0.338 e. The van der Waals surface area contributed by atoms with E-state index in [1.807, 2.05) is 6.07 Å². The van der Waals surface area contributed by atoms with Gasteiger partial charge in [-0.3, -0.25) is 4.79 Å². The number of carbonyl (C=O) groups is 1. The molecule has 0 radical (unpaired) electrons. The van der Waals surface area contributed by atoms with Crippen molar-refractivity contribution in [2.45, 2.75) is 42.7 Å². The Kier molecular flexibility index (Phi) is 5.45. The van der Waals surface area contributed by atoms with E-state index in [0.29, 0.717) is 41.4 Å². The van der Waals surface area contributed by atoms with Crippen LogP contribution in [0.15, 0.2) is 59.5 Å². The molecule has 1 aliphatic heterocycles. The second-order valence-electron chi connectivity index (χ2n) is 7.38. The number of benzene rings is 2. The third kappa shape index (κ3) is 3.81. The van der Waals surface area contributed by atoms with Crippen LogP contribution in [0.4, 0.5) is 0 Å². The van der Waals surface area contributed by atoms with Crippen LogP contribution in [-0.2, 0) is 10.0 Å². The van der Waals surface area contributed by atoms with E-state index in [9.17, 15) is 13.2 Å². The van der Waals surface area contributed by atoms with Crippen molar-refractivity contribution in [3.8, 4) is 0 Å². The van der Waals surface area contributed by atoms with Gasteiger partial charge in [0.1, 0.15) is 0 Å². The van der Waals surface area contributed by atoms with Crippen molar-refractivity contribution >= 4 is 27.5 Å². The topological polar surface area (TPSA) is 57.7 Å².